The second-order valence-corrected chi connectivity index (χ2v) is 6.07. The highest BCUT2D eigenvalue weighted by Gasteiger charge is 2.14. The summed E-state index contributed by atoms with van der Waals surface area (Å²) in [6, 6.07) is 11.2. The monoisotopic (exact) mass is 531 g/mol. The van der Waals surface area contributed by atoms with E-state index in [1.807, 2.05) is 43.3 Å². The lowest BCUT2D eigenvalue weighted by Gasteiger charge is -2.20. The lowest BCUT2D eigenvalue weighted by atomic mass is 10.2. The van der Waals surface area contributed by atoms with Gasteiger partial charge in [0.1, 0.15) is 6.10 Å². The van der Waals surface area contributed by atoms with Crippen LogP contribution in [-0.2, 0) is 0 Å². The molecule has 9 heteroatoms. The summed E-state index contributed by atoms with van der Waals surface area (Å²) < 4.78 is 27.4. The first kappa shape index (κ1) is 25.5. The van der Waals surface area contributed by atoms with Gasteiger partial charge in [-0.1, -0.05) is 12.1 Å². The van der Waals surface area contributed by atoms with Crippen LogP contribution in [0.2, 0.25) is 0 Å². The first-order valence-corrected chi connectivity index (χ1v) is 9.13. The van der Waals surface area contributed by atoms with Crippen molar-refractivity contribution >= 4 is 35.6 Å². The van der Waals surface area contributed by atoms with Gasteiger partial charge in [0.2, 0.25) is 5.75 Å². The van der Waals surface area contributed by atoms with Gasteiger partial charge in [0, 0.05) is 24.9 Å². The number of halogens is 1. The zero-order valence-electron chi connectivity index (χ0n) is 18.1. The maximum Gasteiger partial charge on any atom is 0.203 e. The Labute approximate surface area is 194 Å². The number of nitrogens with one attached hydrogen (secondary N) is 2. The van der Waals surface area contributed by atoms with E-state index < -0.39 is 0 Å². The van der Waals surface area contributed by atoms with E-state index in [0.29, 0.717) is 41.3 Å². The smallest absolute Gasteiger partial charge is 0.203 e. The minimum Gasteiger partial charge on any atom is -0.493 e. The molecule has 0 saturated carbocycles. The molecule has 0 radical (unpaired) electrons. The quantitative estimate of drug-likeness (QED) is 0.290. The fourth-order valence-corrected chi connectivity index (χ4v) is 2.68. The molecule has 2 aromatic carbocycles. The SMILES string of the molecule is CN=C(NCC(C)Oc1ccccc1OC)Nc1cc(OC)c(OC)c(OC)c1.I. The van der Waals surface area contributed by atoms with Gasteiger partial charge in [0.15, 0.2) is 29.0 Å². The average Bonchev–Trinajstić information content (AvgIpc) is 2.76. The summed E-state index contributed by atoms with van der Waals surface area (Å²) in [5.41, 5.74) is 0.742. The van der Waals surface area contributed by atoms with Gasteiger partial charge in [0.25, 0.3) is 0 Å². The Bertz CT molecular complexity index is 807. The van der Waals surface area contributed by atoms with E-state index in [2.05, 4.69) is 15.6 Å². The number of anilines is 1. The summed E-state index contributed by atoms with van der Waals surface area (Å²) in [4.78, 5) is 4.25. The van der Waals surface area contributed by atoms with Crippen molar-refractivity contribution in [2.24, 2.45) is 4.99 Å². The Morgan fingerprint density at radius 3 is 1.97 bits per heavy atom. The van der Waals surface area contributed by atoms with Crippen molar-refractivity contribution in [1.29, 1.82) is 0 Å². The largest absolute Gasteiger partial charge is 0.493 e. The van der Waals surface area contributed by atoms with E-state index in [1.54, 1.807) is 35.5 Å². The number of aliphatic imine (C=N–C) groups is 1. The van der Waals surface area contributed by atoms with Gasteiger partial charge in [-0.05, 0) is 19.1 Å². The Morgan fingerprint density at radius 1 is 0.900 bits per heavy atom. The predicted octanol–water partition coefficient (Wildman–Crippen LogP) is 3.79. The van der Waals surface area contributed by atoms with Crippen molar-refractivity contribution < 1.29 is 23.7 Å². The van der Waals surface area contributed by atoms with E-state index in [-0.39, 0.29) is 30.1 Å². The van der Waals surface area contributed by atoms with Crippen molar-refractivity contribution in [1.82, 2.24) is 5.32 Å². The summed E-state index contributed by atoms with van der Waals surface area (Å²) >= 11 is 0. The highest BCUT2D eigenvalue weighted by molar-refractivity contribution is 14.0. The van der Waals surface area contributed by atoms with Crippen molar-refractivity contribution in [2.75, 3.05) is 47.3 Å². The highest BCUT2D eigenvalue weighted by atomic mass is 127. The number of nitrogens with zero attached hydrogens (tertiary/aromatic N) is 1. The first-order chi connectivity index (χ1) is 14.1. The lowest BCUT2D eigenvalue weighted by Crippen LogP contribution is -2.37. The van der Waals surface area contributed by atoms with Gasteiger partial charge in [-0.15, -0.1) is 24.0 Å². The van der Waals surface area contributed by atoms with Crippen molar-refractivity contribution in [3.05, 3.63) is 36.4 Å². The Morgan fingerprint density at radius 2 is 1.47 bits per heavy atom. The van der Waals surface area contributed by atoms with Crippen LogP contribution in [0.5, 0.6) is 28.7 Å². The summed E-state index contributed by atoms with van der Waals surface area (Å²) in [6.07, 6.45) is -0.121. The normalized spacial score (nSPS) is 11.6. The molecule has 0 amide bonds. The van der Waals surface area contributed by atoms with Gasteiger partial charge < -0.3 is 34.3 Å². The van der Waals surface area contributed by atoms with Crippen LogP contribution in [0, 0.1) is 0 Å². The number of ether oxygens (including phenoxy) is 5. The van der Waals surface area contributed by atoms with Crippen LogP contribution in [0.25, 0.3) is 0 Å². The molecule has 2 N–H and O–H groups in total. The number of hydrogen-bond donors (Lipinski definition) is 2. The maximum atomic E-state index is 5.96. The van der Waals surface area contributed by atoms with E-state index in [0.717, 1.165) is 5.69 Å². The predicted molar refractivity (Wildman–Crippen MR) is 130 cm³/mol. The minimum atomic E-state index is -0.121. The molecule has 0 bridgehead atoms. The van der Waals surface area contributed by atoms with Crippen molar-refractivity contribution in [2.45, 2.75) is 13.0 Å². The number of hydrogen-bond acceptors (Lipinski definition) is 6. The molecule has 0 aromatic heterocycles. The highest BCUT2D eigenvalue weighted by Crippen LogP contribution is 2.39. The van der Waals surface area contributed by atoms with Crippen LogP contribution < -0.4 is 34.3 Å². The third kappa shape index (κ3) is 6.75. The molecule has 0 aliphatic rings. The molecule has 1 atom stereocenters. The van der Waals surface area contributed by atoms with Crippen LogP contribution in [0.4, 0.5) is 5.69 Å². The zero-order valence-corrected chi connectivity index (χ0v) is 20.5. The molecule has 0 aliphatic carbocycles. The Hall–Kier alpha value is -2.56. The topological polar surface area (TPSA) is 82.6 Å². The second kappa shape index (κ2) is 12.9. The molecule has 166 valence electrons. The van der Waals surface area contributed by atoms with Gasteiger partial charge in [-0.2, -0.15) is 0 Å². The van der Waals surface area contributed by atoms with Crippen LogP contribution in [0.15, 0.2) is 41.4 Å². The third-order valence-electron chi connectivity index (χ3n) is 4.11. The van der Waals surface area contributed by atoms with Crippen LogP contribution in [0.1, 0.15) is 6.92 Å². The number of methoxy groups -OCH3 is 4. The van der Waals surface area contributed by atoms with E-state index in [1.165, 1.54) is 0 Å². The first-order valence-electron chi connectivity index (χ1n) is 9.13. The molecular weight excluding hydrogens is 501 g/mol. The summed E-state index contributed by atoms with van der Waals surface area (Å²) in [7, 11) is 8.03. The molecule has 30 heavy (non-hydrogen) atoms. The van der Waals surface area contributed by atoms with Crippen LogP contribution in [0.3, 0.4) is 0 Å². The molecule has 0 fully saturated rings. The molecular formula is C21H30IN3O5. The van der Waals surface area contributed by atoms with E-state index in [4.69, 9.17) is 23.7 Å². The molecule has 2 aromatic rings. The lowest BCUT2D eigenvalue weighted by molar-refractivity contribution is 0.214. The summed E-state index contributed by atoms with van der Waals surface area (Å²) in [5, 5.41) is 6.45. The number of benzene rings is 2. The van der Waals surface area contributed by atoms with E-state index in [9.17, 15) is 0 Å². The zero-order chi connectivity index (χ0) is 21.2. The maximum absolute atomic E-state index is 5.96. The second-order valence-electron chi connectivity index (χ2n) is 6.07. The molecule has 2 rings (SSSR count). The Balaban J connectivity index is 0.00000450. The van der Waals surface area contributed by atoms with Crippen molar-refractivity contribution in [3.63, 3.8) is 0 Å². The third-order valence-corrected chi connectivity index (χ3v) is 4.11. The van der Waals surface area contributed by atoms with Crippen molar-refractivity contribution in [3.8, 4) is 28.7 Å². The van der Waals surface area contributed by atoms with Crippen LogP contribution >= 0.6 is 24.0 Å². The van der Waals surface area contributed by atoms with Gasteiger partial charge in [-0.3, -0.25) is 4.99 Å². The fourth-order valence-electron chi connectivity index (χ4n) is 2.68. The fraction of sp³-hybridized carbons (Fsp3) is 0.381. The number of para-hydroxylation sites is 2. The summed E-state index contributed by atoms with van der Waals surface area (Å²) in [6.45, 7) is 2.49. The number of guanidine groups is 1. The van der Waals surface area contributed by atoms with E-state index >= 15 is 0 Å². The molecule has 0 spiro atoms. The van der Waals surface area contributed by atoms with Gasteiger partial charge in [0.05, 0.1) is 35.0 Å². The summed E-state index contributed by atoms with van der Waals surface area (Å²) in [5.74, 6) is 3.60. The number of rotatable bonds is 9. The molecule has 0 aliphatic heterocycles. The van der Waals surface area contributed by atoms with Crippen LogP contribution in [-0.4, -0.2) is 54.1 Å². The molecule has 8 nitrogen and oxygen atoms in total. The Kier molecular flexibility index (Phi) is 10.9. The molecule has 0 heterocycles. The molecule has 0 saturated heterocycles. The average molecular weight is 531 g/mol. The molecule has 1 unspecified atom stereocenters. The standard InChI is InChI=1S/C21H29N3O5.HI/c1-14(29-17-10-8-7-9-16(17)25-3)13-23-21(22-2)24-15-11-18(26-4)20(28-6)19(12-15)27-5;/h7-12,14H,13H2,1-6H3,(H2,22,23,24);1H. The minimum absolute atomic E-state index is 0. The van der Waals surface area contributed by atoms with Gasteiger partial charge >= 0.3 is 0 Å². The van der Waals surface area contributed by atoms with Gasteiger partial charge in [-0.25, -0.2) is 0 Å².